The van der Waals surface area contributed by atoms with Crippen molar-refractivity contribution in [2.24, 2.45) is 0 Å². The Labute approximate surface area is 154 Å². The molecule has 0 saturated heterocycles. The molecule has 0 spiro atoms. The van der Waals surface area contributed by atoms with Gasteiger partial charge in [0.25, 0.3) is 0 Å². The van der Waals surface area contributed by atoms with Gasteiger partial charge < -0.3 is 10.6 Å². The van der Waals surface area contributed by atoms with Gasteiger partial charge in [-0.05, 0) is 25.1 Å². The highest BCUT2D eigenvalue weighted by Gasteiger charge is 2.30. The molecule has 3 rings (SSSR count). The van der Waals surface area contributed by atoms with Gasteiger partial charge in [0, 0.05) is 11.1 Å². The van der Waals surface area contributed by atoms with E-state index in [9.17, 15) is 18.0 Å². The number of hydrogen-bond acceptors (Lipinski definition) is 7. The van der Waals surface area contributed by atoms with Crippen molar-refractivity contribution in [2.75, 3.05) is 10.6 Å². The number of nitrogens with one attached hydrogen (secondary N) is 2. The Bertz CT molecular complexity index is 922. The number of halogens is 3. The van der Waals surface area contributed by atoms with E-state index >= 15 is 0 Å². The second-order valence-electron chi connectivity index (χ2n) is 5.20. The molecule has 0 aliphatic carbocycles. The standard InChI is InChI=1S/C15H12F3N5OS2/c1-8-22-23-14(26-8)21-12(24)6-11-7-25-13(20-11)19-10-4-2-3-9(5-10)15(16,17)18/h2-5,7H,6H2,1H3,(H,19,20)(H,21,23,24). The van der Waals surface area contributed by atoms with Crippen LogP contribution in [0.5, 0.6) is 0 Å². The van der Waals surface area contributed by atoms with Gasteiger partial charge in [0.1, 0.15) is 5.01 Å². The molecule has 11 heteroatoms. The maximum Gasteiger partial charge on any atom is 0.416 e. The summed E-state index contributed by atoms with van der Waals surface area (Å²) >= 11 is 2.46. The van der Waals surface area contributed by atoms with Crippen molar-refractivity contribution in [1.29, 1.82) is 0 Å². The summed E-state index contributed by atoms with van der Waals surface area (Å²) < 4.78 is 38.2. The van der Waals surface area contributed by atoms with Crippen LogP contribution in [0.3, 0.4) is 0 Å². The first kappa shape index (κ1) is 18.3. The first-order valence-corrected chi connectivity index (χ1v) is 8.98. The molecule has 2 heterocycles. The zero-order valence-electron chi connectivity index (χ0n) is 13.3. The van der Waals surface area contributed by atoms with Crippen molar-refractivity contribution < 1.29 is 18.0 Å². The van der Waals surface area contributed by atoms with E-state index in [1.54, 1.807) is 12.3 Å². The van der Waals surface area contributed by atoms with E-state index in [0.717, 1.165) is 17.1 Å². The Morgan fingerprint density at radius 2 is 2.04 bits per heavy atom. The van der Waals surface area contributed by atoms with Gasteiger partial charge in [-0.25, -0.2) is 4.98 Å². The van der Waals surface area contributed by atoms with Gasteiger partial charge >= 0.3 is 6.18 Å². The number of anilines is 3. The molecule has 0 aliphatic heterocycles. The lowest BCUT2D eigenvalue weighted by Crippen LogP contribution is -2.14. The average molecular weight is 399 g/mol. The molecule has 0 aliphatic rings. The number of rotatable bonds is 5. The third kappa shape index (κ3) is 4.76. The lowest BCUT2D eigenvalue weighted by molar-refractivity contribution is -0.137. The van der Waals surface area contributed by atoms with E-state index in [1.165, 1.54) is 34.8 Å². The Balaban J connectivity index is 1.62. The Hall–Kier alpha value is -2.53. The fourth-order valence-corrected chi connectivity index (χ4v) is 3.36. The van der Waals surface area contributed by atoms with Gasteiger partial charge in [-0.2, -0.15) is 13.2 Å². The minimum atomic E-state index is -4.41. The molecule has 26 heavy (non-hydrogen) atoms. The molecule has 6 nitrogen and oxygen atoms in total. The van der Waals surface area contributed by atoms with Crippen LogP contribution < -0.4 is 10.6 Å². The third-order valence-corrected chi connectivity index (χ3v) is 4.67. The summed E-state index contributed by atoms with van der Waals surface area (Å²) in [6.45, 7) is 1.78. The number of aryl methyl sites for hydroxylation is 1. The number of amides is 1. The summed E-state index contributed by atoms with van der Waals surface area (Å²) in [5.74, 6) is -0.294. The summed E-state index contributed by atoms with van der Waals surface area (Å²) in [4.78, 5) is 16.2. The maximum atomic E-state index is 12.7. The topological polar surface area (TPSA) is 79.8 Å². The molecule has 136 valence electrons. The number of hydrogen-bond donors (Lipinski definition) is 2. The number of aromatic nitrogens is 3. The second-order valence-corrected chi connectivity index (χ2v) is 7.24. The minimum Gasteiger partial charge on any atom is -0.332 e. The SMILES string of the molecule is Cc1nnc(NC(=O)Cc2csc(Nc3cccc(C(F)(F)F)c3)n2)s1. The molecule has 1 aromatic carbocycles. The predicted molar refractivity (Wildman–Crippen MR) is 93.8 cm³/mol. The molecule has 0 fully saturated rings. The molecule has 2 aromatic heterocycles. The number of alkyl halides is 3. The highest BCUT2D eigenvalue weighted by atomic mass is 32.1. The fraction of sp³-hybridized carbons (Fsp3) is 0.200. The van der Waals surface area contributed by atoms with Gasteiger partial charge in [-0.3, -0.25) is 4.79 Å². The van der Waals surface area contributed by atoms with Crippen molar-refractivity contribution >= 4 is 44.5 Å². The number of thiazole rings is 1. The summed E-state index contributed by atoms with van der Waals surface area (Å²) in [5.41, 5.74) is 0.0312. The summed E-state index contributed by atoms with van der Waals surface area (Å²) in [6, 6.07) is 4.83. The summed E-state index contributed by atoms with van der Waals surface area (Å²) in [5, 5.41) is 16.3. The predicted octanol–water partition coefficient (Wildman–Crippen LogP) is 4.25. The van der Waals surface area contributed by atoms with Crippen molar-refractivity contribution in [3.05, 3.63) is 45.9 Å². The molecular weight excluding hydrogens is 387 g/mol. The van der Waals surface area contributed by atoms with Gasteiger partial charge in [0.15, 0.2) is 5.13 Å². The molecule has 3 aromatic rings. The molecule has 0 bridgehead atoms. The molecule has 0 unspecified atom stereocenters. The molecule has 2 N–H and O–H groups in total. The van der Waals surface area contributed by atoms with Gasteiger partial charge in [0.2, 0.25) is 11.0 Å². The first-order chi connectivity index (χ1) is 12.3. The normalized spacial score (nSPS) is 11.4. The zero-order valence-corrected chi connectivity index (χ0v) is 14.9. The maximum absolute atomic E-state index is 12.7. The average Bonchev–Trinajstić information content (AvgIpc) is 3.16. The Morgan fingerprint density at radius 1 is 1.23 bits per heavy atom. The van der Waals surface area contributed by atoms with Crippen LogP contribution in [0.4, 0.5) is 29.1 Å². The molecule has 0 radical (unpaired) electrons. The van der Waals surface area contributed by atoms with E-state index in [2.05, 4.69) is 25.8 Å². The van der Waals surface area contributed by atoms with E-state index in [1.807, 2.05) is 0 Å². The first-order valence-electron chi connectivity index (χ1n) is 7.28. The van der Waals surface area contributed by atoms with Crippen LogP contribution in [0.25, 0.3) is 0 Å². The van der Waals surface area contributed by atoms with Gasteiger partial charge in [-0.15, -0.1) is 21.5 Å². The molecule has 0 saturated carbocycles. The second kappa shape index (κ2) is 7.38. The zero-order chi connectivity index (χ0) is 18.7. The quantitative estimate of drug-likeness (QED) is 0.671. The van der Waals surface area contributed by atoms with Gasteiger partial charge in [-0.1, -0.05) is 17.4 Å². The molecule has 0 atom stereocenters. The van der Waals surface area contributed by atoms with Crippen molar-refractivity contribution in [3.63, 3.8) is 0 Å². The third-order valence-electron chi connectivity index (χ3n) is 3.11. The number of benzene rings is 1. The van der Waals surface area contributed by atoms with Gasteiger partial charge in [0.05, 0.1) is 17.7 Å². The van der Waals surface area contributed by atoms with Crippen molar-refractivity contribution in [1.82, 2.24) is 15.2 Å². The largest absolute Gasteiger partial charge is 0.416 e. The number of nitrogens with zero attached hydrogens (tertiary/aromatic N) is 3. The van der Waals surface area contributed by atoms with E-state index in [0.29, 0.717) is 16.0 Å². The Kier molecular flexibility index (Phi) is 5.18. The van der Waals surface area contributed by atoms with Crippen LogP contribution in [-0.4, -0.2) is 21.1 Å². The smallest absolute Gasteiger partial charge is 0.332 e. The lowest BCUT2D eigenvalue weighted by Gasteiger charge is -2.08. The summed E-state index contributed by atoms with van der Waals surface area (Å²) in [6.07, 6.45) is -4.38. The Morgan fingerprint density at radius 3 is 2.73 bits per heavy atom. The van der Waals surface area contributed by atoms with Crippen molar-refractivity contribution in [3.8, 4) is 0 Å². The number of carbonyl (C=O) groups is 1. The highest BCUT2D eigenvalue weighted by Crippen LogP contribution is 2.31. The molecular formula is C15H12F3N5OS2. The van der Waals surface area contributed by atoms with E-state index < -0.39 is 11.7 Å². The van der Waals surface area contributed by atoms with E-state index in [4.69, 9.17) is 0 Å². The number of carbonyl (C=O) groups excluding carboxylic acids is 1. The van der Waals surface area contributed by atoms with Crippen LogP contribution in [0.15, 0.2) is 29.6 Å². The fourth-order valence-electron chi connectivity index (χ4n) is 2.02. The van der Waals surface area contributed by atoms with Crippen LogP contribution in [0.2, 0.25) is 0 Å². The van der Waals surface area contributed by atoms with Crippen LogP contribution in [-0.2, 0) is 17.4 Å². The van der Waals surface area contributed by atoms with Crippen LogP contribution in [0, 0.1) is 6.92 Å². The van der Waals surface area contributed by atoms with Crippen LogP contribution in [0.1, 0.15) is 16.3 Å². The van der Waals surface area contributed by atoms with Crippen LogP contribution >= 0.6 is 22.7 Å². The van der Waals surface area contributed by atoms with Crippen molar-refractivity contribution in [2.45, 2.75) is 19.5 Å². The molecule has 1 amide bonds. The lowest BCUT2D eigenvalue weighted by atomic mass is 10.2. The van der Waals surface area contributed by atoms with E-state index in [-0.39, 0.29) is 18.0 Å². The minimum absolute atomic E-state index is 0.0272. The highest BCUT2D eigenvalue weighted by molar-refractivity contribution is 7.15. The summed E-state index contributed by atoms with van der Waals surface area (Å²) in [7, 11) is 0. The monoisotopic (exact) mass is 399 g/mol.